The molecule has 0 radical (unpaired) electrons. The first-order valence-electron chi connectivity index (χ1n) is 8.58. The van der Waals surface area contributed by atoms with Gasteiger partial charge in [0.05, 0.1) is 0 Å². The number of fused-ring (bicyclic) bond motifs is 1. The minimum Gasteiger partial charge on any atom is -0.332 e. The molecular weight excluding hydrogens is 428 g/mol. The number of thiocarbonyl (C=S) groups is 1. The highest BCUT2D eigenvalue weighted by molar-refractivity contribution is 7.80. The quantitative estimate of drug-likeness (QED) is 0.461. The molecule has 2 aromatic carbocycles. The topological polar surface area (TPSA) is 84.2 Å². The molecule has 0 fully saturated rings. The number of amides is 1. The maximum atomic E-state index is 12.3. The van der Waals surface area contributed by atoms with E-state index in [1.54, 1.807) is 28.8 Å². The Morgan fingerprint density at radius 1 is 1.17 bits per heavy atom. The van der Waals surface area contributed by atoms with Crippen LogP contribution in [-0.2, 0) is 0 Å². The maximum absolute atomic E-state index is 12.3. The Morgan fingerprint density at radius 3 is 2.72 bits per heavy atom. The van der Waals surface area contributed by atoms with Crippen LogP contribution in [0.5, 0.6) is 0 Å². The van der Waals surface area contributed by atoms with Crippen molar-refractivity contribution in [1.29, 1.82) is 0 Å². The normalized spacial score (nSPS) is 10.9. The summed E-state index contributed by atoms with van der Waals surface area (Å²) >= 11 is 12.7. The number of aromatic nitrogens is 4. The Balaban J connectivity index is 1.47. The highest BCUT2D eigenvalue weighted by atomic mass is 35.5. The van der Waals surface area contributed by atoms with Gasteiger partial charge in [-0.05, 0) is 68.0 Å². The van der Waals surface area contributed by atoms with Crippen LogP contribution in [0, 0.1) is 13.8 Å². The van der Waals surface area contributed by atoms with E-state index >= 15 is 0 Å². The maximum Gasteiger partial charge on any atom is 0.257 e. The van der Waals surface area contributed by atoms with Crippen molar-refractivity contribution in [2.45, 2.75) is 13.8 Å². The van der Waals surface area contributed by atoms with Gasteiger partial charge in [0.2, 0.25) is 4.96 Å². The molecule has 4 rings (SSSR count). The summed E-state index contributed by atoms with van der Waals surface area (Å²) in [6.07, 6.45) is 0. The van der Waals surface area contributed by atoms with Gasteiger partial charge < -0.3 is 5.32 Å². The molecule has 2 heterocycles. The fraction of sp³-hybridized carbons (Fsp3) is 0.105. The summed E-state index contributed by atoms with van der Waals surface area (Å²) in [6.45, 7) is 3.82. The van der Waals surface area contributed by atoms with Gasteiger partial charge in [0.15, 0.2) is 10.9 Å². The van der Waals surface area contributed by atoms with E-state index in [4.69, 9.17) is 23.8 Å². The first-order valence-corrected chi connectivity index (χ1v) is 10.2. The number of hydrogen-bond donors (Lipinski definition) is 2. The van der Waals surface area contributed by atoms with E-state index in [9.17, 15) is 4.79 Å². The van der Waals surface area contributed by atoms with Gasteiger partial charge in [-0.25, -0.2) is 0 Å². The third-order valence-electron chi connectivity index (χ3n) is 4.18. The van der Waals surface area contributed by atoms with Crippen molar-refractivity contribution < 1.29 is 4.79 Å². The molecule has 1 amide bonds. The van der Waals surface area contributed by atoms with Crippen LogP contribution in [0.4, 0.5) is 5.69 Å². The van der Waals surface area contributed by atoms with Crippen LogP contribution in [0.3, 0.4) is 0 Å². The van der Waals surface area contributed by atoms with Crippen molar-refractivity contribution in [2.75, 3.05) is 5.32 Å². The third-order valence-corrected chi connectivity index (χ3v) is 5.57. The number of carbonyl (C=O) groups excluding carboxylic acids is 1. The van der Waals surface area contributed by atoms with Gasteiger partial charge >= 0.3 is 0 Å². The second-order valence-electron chi connectivity index (χ2n) is 6.30. The minimum absolute atomic E-state index is 0.209. The highest BCUT2D eigenvalue weighted by Gasteiger charge is 2.13. The summed E-state index contributed by atoms with van der Waals surface area (Å²) in [5.41, 5.74) is 3.16. The molecule has 0 bridgehead atoms. The van der Waals surface area contributed by atoms with E-state index in [1.807, 2.05) is 32.0 Å². The van der Waals surface area contributed by atoms with Crippen molar-refractivity contribution >= 4 is 56.8 Å². The average molecular weight is 443 g/mol. The number of nitrogens with zero attached hydrogens (tertiary/aromatic N) is 4. The van der Waals surface area contributed by atoms with Gasteiger partial charge in [0.1, 0.15) is 5.01 Å². The Labute approximate surface area is 180 Å². The van der Waals surface area contributed by atoms with Crippen LogP contribution in [0.1, 0.15) is 21.7 Å². The number of carbonyl (C=O) groups is 1. The summed E-state index contributed by atoms with van der Waals surface area (Å²) in [4.78, 5) is 13.0. The molecule has 0 unspecified atom stereocenters. The molecule has 0 saturated heterocycles. The molecule has 0 aliphatic heterocycles. The average Bonchev–Trinajstić information content (AvgIpc) is 3.25. The minimum atomic E-state index is -0.325. The molecule has 2 aromatic heterocycles. The predicted molar refractivity (Wildman–Crippen MR) is 119 cm³/mol. The van der Waals surface area contributed by atoms with Crippen molar-refractivity contribution in [2.24, 2.45) is 0 Å². The molecule has 7 nitrogen and oxygen atoms in total. The van der Waals surface area contributed by atoms with E-state index in [0.717, 1.165) is 32.6 Å². The van der Waals surface area contributed by atoms with Crippen molar-refractivity contribution in [3.05, 3.63) is 64.4 Å². The smallest absolute Gasteiger partial charge is 0.257 e. The van der Waals surface area contributed by atoms with Crippen molar-refractivity contribution in [3.63, 3.8) is 0 Å². The van der Waals surface area contributed by atoms with Gasteiger partial charge in [0, 0.05) is 21.8 Å². The predicted octanol–water partition coefficient (Wildman–Crippen LogP) is 4.25. The van der Waals surface area contributed by atoms with Crippen LogP contribution in [0.2, 0.25) is 5.02 Å². The monoisotopic (exact) mass is 442 g/mol. The zero-order valence-electron chi connectivity index (χ0n) is 15.4. The van der Waals surface area contributed by atoms with Gasteiger partial charge in [-0.3, -0.25) is 10.1 Å². The number of anilines is 1. The summed E-state index contributed by atoms with van der Waals surface area (Å²) in [5.74, 6) is 0.424. The van der Waals surface area contributed by atoms with Crippen LogP contribution >= 0.6 is 35.2 Å². The van der Waals surface area contributed by atoms with Crippen LogP contribution in [0.25, 0.3) is 15.5 Å². The number of halogens is 1. The Kier molecular flexibility index (Phi) is 5.27. The molecule has 0 aliphatic carbocycles. The molecule has 10 heteroatoms. The number of hydrogen-bond acceptors (Lipinski definition) is 6. The Hall–Kier alpha value is -2.88. The first kappa shape index (κ1) is 19.4. The van der Waals surface area contributed by atoms with Gasteiger partial charge in [-0.2, -0.15) is 9.61 Å². The van der Waals surface area contributed by atoms with E-state index < -0.39 is 0 Å². The van der Waals surface area contributed by atoms with Crippen LogP contribution in [0.15, 0.2) is 42.5 Å². The SMILES string of the molecule is Cc1cc(-c2nn3c(C)nnc3s2)ccc1NC(=S)NC(=O)c1cccc(Cl)c1. The fourth-order valence-corrected chi connectivity index (χ4v) is 4.00. The summed E-state index contributed by atoms with van der Waals surface area (Å²) in [6, 6.07) is 12.5. The lowest BCUT2D eigenvalue weighted by Crippen LogP contribution is -2.34. The highest BCUT2D eigenvalue weighted by Crippen LogP contribution is 2.28. The van der Waals surface area contributed by atoms with Crippen LogP contribution in [-0.4, -0.2) is 30.8 Å². The lowest BCUT2D eigenvalue weighted by molar-refractivity contribution is 0.0977. The van der Waals surface area contributed by atoms with Crippen molar-refractivity contribution in [3.8, 4) is 10.6 Å². The molecule has 0 saturated carbocycles. The third kappa shape index (κ3) is 4.12. The lowest BCUT2D eigenvalue weighted by Gasteiger charge is -2.12. The Morgan fingerprint density at radius 2 is 2.00 bits per heavy atom. The Bertz CT molecular complexity index is 1250. The molecule has 4 aromatic rings. The van der Waals surface area contributed by atoms with Crippen molar-refractivity contribution in [1.82, 2.24) is 25.1 Å². The number of nitrogens with one attached hydrogen (secondary N) is 2. The van der Waals surface area contributed by atoms with Gasteiger partial charge in [0.25, 0.3) is 5.91 Å². The van der Waals surface area contributed by atoms with E-state index in [2.05, 4.69) is 25.9 Å². The first-order chi connectivity index (χ1) is 13.9. The van der Waals surface area contributed by atoms with E-state index in [-0.39, 0.29) is 11.0 Å². The number of benzene rings is 2. The molecule has 0 atom stereocenters. The molecule has 2 N–H and O–H groups in total. The molecular formula is C19H15ClN6OS2. The van der Waals surface area contributed by atoms with E-state index in [0.29, 0.717) is 10.6 Å². The largest absolute Gasteiger partial charge is 0.332 e. The second kappa shape index (κ2) is 7.86. The van der Waals surface area contributed by atoms with Crippen LogP contribution < -0.4 is 10.6 Å². The number of aryl methyl sites for hydroxylation is 2. The molecule has 146 valence electrons. The molecule has 29 heavy (non-hydrogen) atoms. The zero-order chi connectivity index (χ0) is 20.5. The molecule has 0 spiro atoms. The standard InChI is InChI=1S/C19H15ClN6OS2/c1-10-8-13(17-25-26-11(2)23-24-19(26)29-17)6-7-15(10)21-18(28)22-16(27)12-4-3-5-14(20)9-12/h3-9H,1-2H3,(H2,21,22,27,28). The molecule has 0 aliphatic rings. The second-order valence-corrected chi connectivity index (χ2v) is 8.10. The lowest BCUT2D eigenvalue weighted by atomic mass is 10.1. The van der Waals surface area contributed by atoms with Gasteiger partial charge in [-0.15, -0.1) is 10.2 Å². The van der Waals surface area contributed by atoms with Gasteiger partial charge in [-0.1, -0.05) is 29.0 Å². The summed E-state index contributed by atoms with van der Waals surface area (Å²) < 4.78 is 1.72. The van der Waals surface area contributed by atoms with E-state index in [1.165, 1.54) is 11.3 Å². The fourth-order valence-electron chi connectivity index (χ4n) is 2.73. The summed E-state index contributed by atoms with van der Waals surface area (Å²) in [7, 11) is 0. The zero-order valence-corrected chi connectivity index (χ0v) is 17.8. The summed E-state index contributed by atoms with van der Waals surface area (Å²) in [5, 5.41) is 19.9. The number of rotatable bonds is 3.